The molecule has 0 saturated heterocycles. The maximum absolute atomic E-state index is 12.0. The molecule has 1 aromatic carbocycles. The fourth-order valence-electron chi connectivity index (χ4n) is 2.10. The predicted molar refractivity (Wildman–Crippen MR) is 85.3 cm³/mol. The standard InChI is InChI=1S/C17H22N2O3/c1-4-14-5-7-16(8-6-14)22-10-15(20)9-19-11-18-13(3)12(2)17(19)21/h5-8,11,15,20H,4,9-10H2,1-3H3/t15-/m0/s1. The summed E-state index contributed by atoms with van der Waals surface area (Å²) in [6, 6.07) is 7.77. The van der Waals surface area contributed by atoms with Crippen LogP contribution in [0.3, 0.4) is 0 Å². The first kappa shape index (κ1) is 16.2. The Kier molecular flexibility index (Phi) is 5.33. The van der Waals surface area contributed by atoms with Crippen LogP contribution in [-0.4, -0.2) is 27.4 Å². The molecule has 118 valence electrons. The number of rotatable bonds is 6. The minimum absolute atomic E-state index is 0.126. The van der Waals surface area contributed by atoms with E-state index in [0.29, 0.717) is 17.0 Å². The fourth-order valence-corrected chi connectivity index (χ4v) is 2.10. The molecule has 1 N–H and O–H groups in total. The Bertz CT molecular complexity index is 677. The molecule has 0 saturated carbocycles. The average molecular weight is 302 g/mol. The number of benzene rings is 1. The average Bonchev–Trinajstić information content (AvgIpc) is 2.54. The summed E-state index contributed by atoms with van der Waals surface area (Å²) < 4.78 is 6.96. The summed E-state index contributed by atoms with van der Waals surface area (Å²) in [5.41, 5.74) is 2.42. The second-order valence-corrected chi connectivity index (χ2v) is 5.37. The molecule has 0 aliphatic rings. The Labute approximate surface area is 130 Å². The first-order chi connectivity index (χ1) is 10.5. The lowest BCUT2D eigenvalue weighted by atomic mass is 10.2. The van der Waals surface area contributed by atoms with E-state index in [1.54, 1.807) is 13.8 Å². The highest BCUT2D eigenvalue weighted by Crippen LogP contribution is 2.12. The number of aliphatic hydroxyl groups excluding tert-OH is 1. The van der Waals surface area contributed by atoms with Gasteiger partial charge in [0.2, 0.25) is 0 Å². The highest BCUT2D eigenvalue weighted by molar-refractivity contribution is 5.27. The van der Waals surface area contributed by atoms with Gasteiger partial charge in [0, 0.05) is 11.3 Å². The molecule has 0 radical (unpaired) electrons. The number of hydrogen-bond donors (Lipinski definition) is 1. The molecule has 1 atom stereocenters. The number of aryl methyl sites for hydroxylation is 2. The Morgan fingerprint density at radius 3 is 2.59 bits per heavy atom. The van der Waals surface area contributed by atoms with Crippen LogP contribution < -0.4 is 10.3 Å². The van der Waals surface area contributed by atoms with Gasteiger partial charge in [0.05, 0.1) is 12.9 Å². The predicted octanol–water partition coefficient (Wildman–Crippen LogP) is 1.86. The molecule has 0 amide bonds. The molecular formula is C17H22N2O3. The van der Waals surface area contributed by atoms with Gasteiger partial charge in [-0.2, -0.15) is 0 Å². The molecule has 0 aliphatic heterocycles. The van der Waals surface area contributed by atoms with E-state index < -0.39 is 6.10 Å². The van der Waals surface area contributed by atoms with Crippen LogP contribution in [0.2, 0.25) is 0 Å². The Hall–Kier alpha value is -2.14. The van der Waals surface area contributed by atoms with Crippen LogP contribution >= 0.6 is 0 Å². The molecule has 0 fully saturated rings. The Morgan fingerprint density at radius 2 is 1.95 bits per heavy atom. The van der Waals surface area contributed by atoms with Crippen molar-refractivity contribution in [2.24, 2.45) is 0 Å². The Morgan fingerprint density at radius 1 is 1.27 bits per heavy atom. The summed E-state index contributed by atoms with van der Waals surface area (Å²) in [4.78, 5) is 16.2. The van der Waals surface area contributed by atoms with Gasteiger partial charge in [-0.3, -0.25) is 9.36 Å². The summed E-state index contributed by atoms with van der Waals surface area (Å²) in [7, 11) is 0. The number of aliphatic hydroxyl groups is 1. The third-order valence-corrected chi connectivity index (χ3v) is 3.70. The van der Waals surface area contributed by atoms with E-state index in [4.69, 9.17) is 4.74 Å². The van der Waals surface area contributed by atoms with Gasteiger partial charge < -0.3 is 9.84 Å². The zero-order chi connectivity index (χ0) is 16.1. The molecule has 0 aliphatic carbocycles. The van der Waals surface area contributed by atoms with E-state index >= 15 is 0 Å². The lowest BCUT2D eigenvalue weighted by Gasteiger charge is -2.14. The molecule has 2 aromatic rings. The van der Waals surface area contributed by atoms with Gasteiger partial charge in [-0.1, -0.05) is 19.1 Å². The molecule has 1 aromatic heterocycles. The van der Waals surface area contributed by atoms with Crippen LogP contribution in [0.15, 0.2) is 35.4 Å². The van der Waals surface area contributed by atoms with E-state index in [2.05, 4.69) is 11.9 Å². The SMILES string of the molecule is CCc1ccc(OC[C@@H](O)Cn2cnc(C)c(C)c2=O)cc1. The van der Waals surface area contributed by atoms with Crippen LogP contribution in [-0.2, 0) is 13.0 Å². The van der Waals surface area contributed by atoms with Crippen LogP contribution in [0.1, 0.15) is 23.7 Å². The van der Waals surface area contributed by atoms with Crippen LogP contribution in [0.5, 0.6) is 5.75 Å². The summed E-state index contributed by atoms with van der Waals surface area (Å²) in [6.45, 7) is 5.92. The van der Waals surface area contributed by atoms with Gasteiger partial charge in [-0.15, -0.1) is 0 Å². The van der Waals surface area contributed by atoms with E-state index in [1.807, 2.05) is 24.3 Å². The van der Waals surface area contributed by atoms with Crippen molar-refractivity contribution in [1.82, 2.24) is 9.55 Å². The molecule has 2 rings (SSSR count). The first-order valence-electron chi connectivity index (χ1n) is 7.43. The fraction of sp³-hybridized carbons (Fsp3) is 0.412. The van der Waals surface area contributed by atoms with Crippen LogP contribution in [0.25, 0.3) is 0 Å². The second kappa shape index (κ2) is 7.22. The number of aromatic nitrogens is 2. The molecule has 5 nitrogen and oxygen atoms in total. The van der Waals surface area contributed by atoms with E-state index in [1.165, 1.54) is 16.5 Å². The summed E-state index contributed by atoms with van der Waals surface area (Å²) >= 11 is 0. The van der Waals surface area contributed by atoms with E-state index in [9.17, 15) is 9.90 Å². The Balaban J connectivity index is 1.94. The maximum Gasteiger partial charge on any atom is 0.256 e. The van der Waals surface area contributed by atoms with Gasteiger partial charge in [0.1, 0.15) is 18.5 Å². The van der Waals surface area contributed by atoms with Crippen molar-refractivity contribution in [2.75, 3.05) is 6.61 Å². The smallest absolute Gasteiger partial charge is 0.256 e. The lowest BCUT2D eigenvalue weighted by molar-refractivity contribution is 0.0912. The molecule has 0 spiro atoms. The van der Waals surface area contributed by atoms with Gasteiger partial charge in [-0.25, -0.2) is 4.98 Å². The minimum atomic E-state index is -0.771. The van der Waals surface area contributed by atoms with Crippen molar-refractivity contribution in [3.05, 3.63) is 57.8 Å². The van der Waals surface area contributed by atoms with E-state index in [-0.39, 0.29) is 18.7 Å². The normalized spacial score (nSPS) is 12.2. The molecule has 1 heterocycles. The first-order valence-corrected chi connectivity index (χ1v) is 7.43. The summed E-state index contributed by atoms with van der Waals surface area (Å²) in [5.74, 6) is 0.710. The van der Waals surface area contributed by atoms with Crippen molar-refractivity contribution in [1.29, 1.82) is 0 Å². The van der Waals surface area contributed by atoms with Gasteiger partial charge in [0.15, 0.2) is 0 Å². The van der Waals surface area contributed by atoms with Crippen LogP contribution in [0.4, 0.5) is 0 Å². The molecule has 22 heavy (non-hydrogen) atoms. The second-order valence-electron chi connectivity index (χ2n) is 5.37. The molecule has 0 unspecified atom stereocenters. The van der Waals surface area contributed by atoms with Gasteiger partial charge >= 0.3 is 0 Å². The maximum atomic E-state index is 12.0. The van der Waals surface area contributed by atoms with E-state index in [0.717, 1.165) is 6.42 Å². The zero-order valence-electron chi connectivity index (χ0n) is 13.2. The lowest BCUT2D eigenvalue weighted by Crippen LogP contribution is -2.31. The molecule has 5 heteroatoms. The number of ether oxygens (including phenoxy) is 1. The van der Waals surface area contributed by atoms with Gasteiger partial charge in [-0.05, 0) is 38.0 Å². The van der Waals surface area contributed by atoms with Crippen LogP contribution in [0, 0.1) is 13.8 Å². The van der Waals surface area contributed by atoms with Gasteiger partial charge in [0.25, 0.3) is 5.56 Å². The van der Waals surface area contributed by atoms with Crippen molar-refractivity contribution >= 4 is 0 Å². The van der Waals surface area contributed by atoms with Crippen molar-refractivity contribution in [2.45, 2.75) is 39.8 Å². The zero-order valence-corrected chi connectivity index (χ0v) is 13.2. The number of nitrogens with zero attached hydrogens (tertiary/aromatic N) is 2. The highest BCUT2D eigenvalue weighted by Gasteiger charge is 2.10. The quantitative estimate of drug-likeness (QED) is 0.884. The summed E-state index contributed by atoms with van der Waals surface area (Å²) in [5, 5.41) is 10.0. The summed E-state index contributed by atoms with van der Waals surface area (Å²) in [6.07, 6.45) is 1.67. The third-order valence-electron chi connectivity index (χ3n) is 3.70. The minimum Gasteiger partial charge on any atom is -0.491 e. The topological polar surface area (TPSA) is 64.3 Å². The highest BCUT2D eigenvalue weighted by atomic mass is 16.5. The monoisotopic (exact) mass is 302 g/mol. The molecular weight excluding hydrogens is 280 g/mol. The number of hydrogen-bond acceptors (Lipinski definition) is 4. The largest absolute Gasteiger partial charge is 0.491 e. The van der Waals surface area contributed by atoms with Crippen molar-refractivity contribution in [3.63, 3.8) is 0 Å². The van der Waals surface area contributed by atoms with Crippen molar-refractivity contribution < 1.29 is 9.84 Å². The van der Waals surface area contributed by atoms with Crippen molar-refractivity contribution in [3.8, 4) is 5.75 Å². The molecule has 0 bridgehead atoms. The third kappa shape index (κ3) is 3.95.